The van der Waals surface area contributed by atoms with E-state index in [1.807, 2.05) is 0 Å². The van der Waals surface area contributed by atoms with Crippen LogP contribution in [0.15, 0.2) is 76.8 Å². The number of aliphatic hydroxyl groups excluding tert-OH is 1. The van der Waals surface area contributed by atoms with Crippen LogP contribution >= 0.6 is 23.2 Å². The van der Waals surface area contributed by atoms with Gasteiger partial charge in [0, 0.05) is 77.4 Å². The Labute approximate surface area is 276 Å². The second-order valence-corrected chi connectivity index (χ2v) is 11.6. The van der Waals surface area contributed by atoms with Crippen molar-refractivity contribution in [2.75, 3.05) is 52.6 Å². The van der Waals surface area contributed by atoms with E-state index in [4.69, 9.17) is 47.5 Å². The maximum atomic E-state index is 14.4. The summed E-state index contributed by atoms with van der Waals surface area (Å²) in [4.78, 5) is 24.6. The second kappa shape index (κ2) is 16.1. The standard InChI is InChI=1S/C32H35Cl2N7O5/c33-24-8-11-26(27(34)20-24)29-32(21-23-4-1-2-5-28(23)38-40-35,31(43)39-36-12-13-41-14-18-44-19-15-41)37-30(46-29)22-6-9-25(10-7-22)45-17-3-16-42/h1-2,4-11,20,29,36,42H,3,12-19,21H2,(H,39,43)/t29-,32-/m0/s1. The topological polar surface area (TPSA) is 153 Å². The first-order valence-corrected chi connectivity index (χ1v) is 15.7. The Bertz CT molecular complexity index is 1580. The largest absolute Gasteiger partial charge is 0.494 e. The molecule has 3 aromatic rings. The molecule has 0 saturated carbocycles. The molecule has 0 radical (unpaired) electrons. The van der Waals surface area contributed by atoms with Crippen LogP contribution < -0.4 is 15.6 Å². The number of azide groups is 1. The highest BCUT2D eigenvalue weighted by atomic mass is 35.5. The van der Waals surface area contributed by atoms with Crippen LogP contribution in [0, 0.1) is 0 Å². The van der Waals surface area contributed by atoms with Gasteiger partial charge >= 0.3 is 0 Å². The zero-order valence-electron chi connectivity index (χ0n) is 25.1. The van der Waals surface area contributed by atoms with Gasteiger partial charge in [0.15, 0.2) is 11.6 Å². The van der Waals surface area contributed by atoms with E-state index in [9.17, 15) is 10.3 Å². The molecule has 2 aliphatic heterocycles. The minimum Gasteiger partial charge on any atom is -0.494 e. The minimum absolute atomic E-state index is 0.0225. The molecule has 1 saturated heterocycles. The van der Waals surface area contributed by atoms with E-state index in [1.165, 1.54) is 0 Å². The normalized spacial score (nSPS) is 19.5. The number of nitrogens with one attached hydrogen (secondary N) is 2. The molecule has 5 rings (SSSR count). The number of ether oxygens (including phenoxy) is 3. The van der Waals surface area contributed by atoms with Crippen molar-refractivity contribution in [3.05, 3.63) is 104 Å². The van der Waals surface area contributed by atoms with E-state index in [0.29, 0.717) is 77.5 Å². The summed E-state index contributed by atoms with van der Waals surface area (Å²) in [5, 5.41) is 13.7. The van der Waals surface area contributed by atoms with Crippen molar-refractivity contribution < 1.29 is 24.1 Å². The Balaban J connectivity index is 1.53. The first-order valence-electron chi connectivity index (χ1n) is 15.0. The Morgan fingerprint density at radius 1 is 1.15 bits per heavy atom. The van der Waals surface area contributed by atoms with Gasteiger partial charge in [0.1, 0.15) is 5.75 Å². The Morgan fingerprint density at radius 2 is 1.93 bits per heavy atom. The van der Waals surface area contributed by atoms with Crippen LogP contribution in [0.3, 0.4) is 0 Å². The number of nitrogens with zero attached hydrogens (tertiary/aromatic N) is 5. The van der Waals surface area contributed by atoms with Gasteiger partial charge in [-0.2, -0.15) is 0 Å². The quantitative estimate of drug-likeness (QED) is 0.0706. The van der Waals surface area contributed by atoms with Gasteiger partial charge in [-0.05, 0) is 47.5 Å². The molecule has 0 spiro atoms. The predicted molar refractivity (Wildman–Crippen MR) is 176 cm³/mol. The fourth-order valence-electron chi connectivity index (χ4n) is 5.36. The monoisotopic (exact) mass is 667 g/mol. The molecular formula is C32H35Cl2N7O5. The molecule has 3 N–H and O–H groups in total. The van der Waals surface area contributed by atoms with Crippen LogP contribution in [0.25, 0.3) is 10.4 Å². The van der Waals surface area contributed by atoms with Crippen LogP contribution in [0.1, 0.15) is 29.2 Å². The number of aliphatic imine (C=N–C) groups is 1. The summed E-state index contributed by atoms with van der Waals surface area (Å²) in [6.07, 6.45) is -0.446. The smallest absolute Gasteiger partial charge is 0.266 e. The van der Waals surface area contributed by atoms with Gasteiger partial charge in [-0.3, -0.25) is 15.1 Å². The van der Waals surface area contributed by atoms with E-state index in [-0.39, 0.29) is 18.9 Å². The number of rotatable bonds is 14. The average Bonchev–Trinajstić information content (AvgIpc) is 3.45. The van der Waals surface area contributed by atoms with E-state index in [1.54, 1.807) is 66.7 Å². The lowest BCUT2D eigenvalue weighted by Gasteiger charge is -2.32. The maximum Gasteiger partial charge on any atom is 0.266 e. The molecule has 12 nitrogen and oxygen atoms in total. The van der Waals surface area contributed by atoms with Crippen molar-refractivity contribution in [1.82, 2.24) is 15.8 Å². The summed E-state index contributed by atoms with van der Waals surface area (Å²) >= 11 is 13.0. The number of hydrogen-bond acceptors (Lipinski definition) is 9. The molecule has 1 fully saturated rings. The number of carbonyl (C=O) groups excluding carboxylic acids is 1. The minimum atomic E-state index is -1.59. The number of carbonyl (C=O) groups is 1. The number of aliphatic hydroxyl groups is 1. The molecule has 2 aliphatic rings. The molecule has 0 aliphatic carbocycles. The number of halogens is 2. The molecule has 0 aromatic heterocycles. The second-order valence-electron chi connectivity index (χ2n) is 10.8. The predicted octanol–water partition coefficient (Wildman–Crippen LogP) is 5.15. The Morgan fingerprint density at radius 3 is 2.67 bits per heavy atom. The highest BCUT2D eigenvalue weighted by Gasteiger charge is 2.54. The summed E-state index contributed by atoms with van der Waals surface area (Å²) in [6.45, 7) is 4.59. The van der Waals surface area contributed by atoms with Gasteiger partial charge in [0.2, 0.25) is 5.90 Å². The van der Waals surface area contributed by atoms with Crippen molar-refractivity contribution in [3.8, 4) is 5.75 Å². The third-order valence-electron chi connectivity index (χ3n) is 7.74. The van der Waals surface area contributed by atoms with Gasteiger partial charge in [-0.25, -0.2) is 10.4 Å². The lowest BCUT2D eigenvalue weighted by molar-refractivity contribution is -0.130. The summed E-state index contributed by atoms with van der Waals surface area (Å²) in [7, 11) is 0. The molecule has 3 aromatic carbocycles. The van der Waals surface area contributed by atoms with Crippen LogP contribution in [0.5, 0.6) is 5.75 Å². The van der Waals surface area contributed by atoms with Crippen LogP contribution in [0.4, 0.5) is 5.69 Å². The molecule has 1 amide bonds. The van der Waals surface area contributed by atoms with Crippen molar-refractivity contribution >= 4 is 40.7 Å². The lowest BCUT2D eigenvalue weighted by Crippen LogP contribution is -2.55. The molecular weight excluding hydrogens is 633 g/mol. The molecule has 0 unspecified atom stereocenters. The van der Waals surface area contributed by atoms with Gasteiger partial charge in [-0.15, -0.1) is 0 Å². The third kappa shape index (κ3) is 8.09. The molecule has 2 heterocycles. The Kier molecular flexibility index (Phi) is 11.7. The summed E-state index contributed by atoms with van der Waals surface area (Å²) in [6, 6.07) is 19.1. The average molecular weight is 669 g/mol. The first-order chi connectivity index (χ1) is 22.4. The fraction of sp³-hybridized carbons (Fsp3) is 0.375. The fourth-order valence-corrected chi connectivity index (χ4v) is 5.87. The van der Waals surface area contributed by atoms with E-state index in [2.05, 4.69) is 25.8 Å². The molecule has 46 heavy (non-hydrogen) atoms. The van der Waals surface area contributed by atoms with Crippen molar-refractivity contribution in [3.63, 3.8) is 0 Å². The maximum absolute atomic E-state index is 14.4. The number of benzene rings is 3. The zero-order valence-corrected chi connectivity index (χ0v) is 26.6. The lowest BCUT2D eigenvalue weighted by atomic mass is 9.81. The first kappa shape index (κ1) is 33.5. The highest BCUT2D eigenvalue weighted by Crippen LogP contribution is 2.46. The Hall–Kier alpha value is -3.87. The molecule has 14 heteroatoms. The van der Waals surface area contributed by atoms with Gasteiger partial charge in [0.25, 0.3) is 5.91 Å². The summed E-state index contributed by atoms with van der Waals surface area (Å²) in [5.74, 6) is 0.382. The van der Waals surface area contributed by atoms with Crippen molar-refractivity contribution in [2.45, 2.75) is 24.5 Å². The van der Waals surface area contributed by atoms with Gasteiger partial charge < -0.3 is 19.3 Å². The number of hydrazine groups is 1. The number of hydrogen-bond donors (Lipinski definition) is 3. The van der Waals surface area contributed by atoms with Gasteiger partial charge in [-0.1, -0.05) is 58.6 Å². The SMILES string of the molecule is [N-]=[N+]=Nc1ccccc1C[C@]1(C(=O)NNCCN2CCOCC2)N=C(c2ccc(OCCCO)cc2)O[C@H]1c1ccc(Cl)cc1Cl. The van der Waals surface area contributed by atoms with Gasteiger partial charge in [0.05, 0.1) is 19.8 Å². The van der Waals surface area contributed by atoms with Crippen LogP contribution in [-0.4, -0.2) is 80.0 Å². The van der Waals surface area contributed by atoms with Crippen molar-refractivity contribution in [1.29, 1.82) is 0 Å². The summed E-state index contributed by atoms with van der Waals surface area (Å²) < 4.78 is 17.6. The molecule has 242 valence electrons. The zero-order chi connectivity index (χ0) is 32.4. The molecule has 0 bridgehead atoms. The summed E-state index contributed by atoms with van der Waals surface area (Å²) in [5.41, 5.74) is 15.7. The van der Waals surface area contributed by atoms with Crippen molar-refractivity contribution in [2.24, 2.45) is 10.1 Å². The van der Waals surface area contributed by atoms with E-state index >= 15 is 0 Å². The van der Waals surface area contributed by atoms with Crippen LogP contribution in [-0.2, 0) is 20.7 Å². The number of morpholine rings is 1. The molecule has 2 atom stereocenters. The van der Waals surface area contributed by atoms with E-state index in [0.717, 1.165) is 13.1 Å². The van der Waals surface area contributed by atoms with Crippen LogP contribution in [0.2, 0.25) is 10.0 Å². The number of amides is 1. The van der Waals surface area contributed by atoms with E-state index < -0.39 is 17.6 Å². The third-order valence-corrected chi connectivity index (χ3v) is 8.30. The highest BCUT2D eigenvalue weighted by molar-refractivity contribution is 6.35.